The molecule has 3 rings (SSSR count). The first-order valence-corrected chi connectivity index (χ1v) is 6.84. The standard InChI is InChI=1S/C11H8FN6O2S/c12-6-1-5(2-7(3-6)18-21(19)20)9-8-10(13)14-4-15-11(8)17-16-9/h1-4,21H,(H2,13,14,15)(H,18,19,20). The van der Waals surface area contributed by atoms with Crippen molar-refractivity contribution in [3.63, 3.8) is 0 Å². The van der Waals surface area contributed by atoms with Gasteiger partial charge in [0.1, 0.15) is 23.7 Å². The smallest absolute Gasteiger partial charge is 0.222 e. The monoisotopic (exact) mass is 307 g/mol. The Labute approximate surface area is 120 Å². The summed E-state index contributed by atoms with van der Waals surface area (Å²) in [5.41, 5.74) is 10.7. The Kier molecular flexibility index (Phi) is 3.14. The molecule has 1 aromatic heterocycles. The van der Waals surface area contributed by atoms with Gasteiger partial charge in [-0.25, -0.2) is 22.8 Å². The number of benzene rings is 1. The highest BCUT2D eigenvalue weighted by Gasteiger charge is 2.24. The second-order valence-corrected chi connectivity index (χ2v) is 4.84. The summed E-state index contributed by atoms with van der Waals surface area (Å²) in [7, 11) is -2.90. The van der Waals surface area contributed by atoms with Crippen LogP contribution in [0.15, 0.2) is 29.6 Å². The maximum absolute atomic E-state index is 13.6. The molecule has 8 nitrogen and oxygen atoms in total. The lowest BCUT2D eigenvalue weighted by molar-refractivity contribution is 0.618. The van der Waals surface area contributed by atoms with E-state index in [4.69, 9.17) is 5.73 Å². The molecule has 0 fully saturated rings. The first kappa shape index (κ1) is 13.2. The fourth-order valence-electron chi connectivity index (χ4n) is 1.94. The molecule has 0 saturated carbocycles. The topological polar surface area (TPSA) is 124 Å². The van der Waals surface area contributed by atoms with Gasteiger partial charge >= 0.3 is 0 Å². The number of rotatable bonds is 3. The normalized spacial score (nSPS) is 12.8. The molecular formula is C11H8FN6O2S. The lowest BCUT2D eigenvalue weighted by Crippen LogP contribution is -2.07. The van der Waals surface area contributed by atoms with E-state index in [1.165, 1.54) is 18.5 Å². The number of nitrogens with two attached hydrogens (primary N) is 1. The summed E-state index contributed by atoms with van der Waals surface area (Å²) < 4.78 is 37.1. The minimum Gasteiger partial charge on any atom is -0.383 e. The van der Waals surface area contributed by atoms with Crippen LogP contribution in [-0.4, -0.2) is 24.1 Å². The number of hydrogen-bond acceptors (Lipinski definition) is 6. The fraction of sp³-hybridized carbons (Fsp3) is 0. The van der Waals surface area contributed by atoms with Crippen LogP contribution in [0.3, 0.4) is 0 Å². The van der Waals surface area contributed by atoms with Crippen LogP contribution in [-0.2, 0) is 10.9 Å². The van der Waals surface area contributed by atoms with Gasteiger partial charge in [-0.1, -0.05) is 0 Å². The molecule has 0 amide bonds. The van der Waals surface area contributed by atoms with E-state index in [-0.39, 0.29) is 23.0 Å². The van der Waals surface area contributed by atoms with Crippen molar-refractivity contribution in [2.24, 2.45) is 5.10 Å². The fourth-order valence-corrected chi connectivity index (χ4v) is 2.28. The summed E-state index contributed by atoms with van der Waals surface area (Å²) in [5.74, 6) is -0.182. The second-order valence-electron chi connectivity index (χ2n) is 4.10. The Morgan fingerprint density at radius 2 is 2.00 bits per heavy atom. The van der Waals surface area contributed by atoms with Crippen LogP contribution in [0, 0.1) is 5.82 Å². The van der Waals surface area contributed by atoms with Crippen molar-refractivity contribution in [3.05, 3.63) is 41.5 Å². The minimum absolute atomic E-state index is 0.0766. The molecule has 0 atom stereocenters. The quantitative estimate of drug-likeness (QED) is 0.696. The van der Waals surface area contributed by atoms with Gasteiger partial charge < -0.3 is 5.73 Å². The van der Waals surface area contributed by atoms with Gasteiger partial charge in [-0.05, 0) is 18.2 Å². The number of thiol groups is 1. The van der Waals surface area contributed by atoms with Crippen molar-refractivity contribution in [1.82, 2.24) is 15.4 Å². The molecule has 21 heavy (non-hydrogen) atoms. The molecule has 0 unspecified atom stereocenters. The summed E-state index contributed by atoms with van der Waals surface area (Å²) in [4.78, 5) is 7.75. The average Bonchev–Trinajstić information content (AvgIpc) is 2.82. The first-order valence-electron chi connectivity index (χ1n) is 5.66. The zero-order chi connectivity index (χ0) is 15.0. The minimum atomic E-state index is -2.90. The number of hydrogen-bond donors (Lipinski definition) is 3. The predicted octanol–water partition coefficient (Wildman–Crippen LogP) is 0.138. The van der Waals surface area contributed by atoms with E-state index in [1.54, 1.807) is 0 Å². The molecule has 1 aliphatic heterocycles. The van der Waals surface area contributed by atoms with Gasteiger partial charge in [-0.2, -0.15) is 0 Å². The van der Waals surface area contributed by atoms with Crippen molar-refractivity contribution in [2.45, 2.75) is 0 Å². The van der Waals surface area contributed by atoms with Crippen molar-refractivity contribution < 1.29 is 12.8 Å². The number of aromatic nitrogens is 2. The Hall–Kier alpha value is -2.75. The van der Waals surface area contributed by atoms with E-state index in [2.05, 4.69) is 25.2 Å². The molecule has 2 heterocycles. The summed E-state index contributed by atoms with van der Waals surface area (Å²) in [6, 6.07) is 3.66. The van der Waals surface area contributed by atoms with Crippen LogP contribution in [0.2, 0.25) is 0 Å². The van der Waals surface area contributed by atoms with E-state index < -0.39 is 16.7 Å². The average molecular weight is 307 g/mol. The highest BCUT2D eigenvalue weighted by Crippen LogP contribution is 2.28. The molecule has 0 spiro atoms. The van der Waals surface area contributed by atoms with Gasteiger partial charge in [-0.3, -0.25) is 4.72 Å². The van der Waals surface area contributed by atoms with Crippen molar-refractivity contribution >= 4 is 33.9 Å². The van der Waals surface area contributed by atoms with Crippen LogP contribution in [0.1, 0.15) is 11.1 Å². The first-order chi connectivity index (χ1) is 10.0. The number of halogens is 1. The third-order valence-corrected chi connectivity index (χ3v) is 3.17. The SMILES string of the molecule is Nc1ncnc2c1C(c1cc(F)cc(N[SH](=O)=O)c1)=N[N]2. The zero-order valence-corrected chi connectivity index (χ0v) is 11.2. The number of anilines is 2. The lowest BCUT2D eigenvalue weighted by atomic mass is 10.0. The van der Waals surface area contributed by atoms with Crippen LogP contribution >= 0.6 is 0 Å². The van der Waals surface area contributed by atoms with Gasteiger partial charge in [0.2, 0.25) is 10.9 Å². The molecule has 1 radical (unpaired) electrons. The summed E-state index contributed by atoms with van der Waals surface area (Å²) >= 11 is 0. The molecule has 1 aliphatic rings. The Bertz CT molecular complexity index is 827. The van der Waals surface area contributed by atoms with Gasteiger partial charge in [0, 0.05) is 5.56 Å². The Morgan fingerprint density at radius 3 is 2.76 bits per heavy atom. The molecule has 0 saturated heterocycles. The van der Waals surface area contributed by atoms with E-state index in [0.717, 1.165) is 6.07 Å². The number of nitrogens with zero attached hydrogens (tertiary/aromatic N) is 4. The van der Waals surface area contributed by atoms with Gasteiger partial charge in [-0.15, -0.1) is 10.5 Å². The number of nitrogen functional groups attached to an aromatic ring is 1. The van der Waals surface area contributed by atoms with E-state index >= 15 is 0 Å². The summed E-state index contributed by atoms with van der Waals surface area (Å²) in [6.45, 7) is 0. The van der Waals surface area contributed by atoms with E-state index in [9.17, 15) is 12.8 Å². The van der Waals surface area contributed by atoms with Crippen molar-refractivity contribution in [3.8, 4) is 0 Å². The predicted molar refractivity (Wildman–Crippen MR) is 74.2 cm³/mol. The van der Waals surface area contributed by atoms with E-state index in [1.807, 2.05) is 0 Å². The number of fused-ring (bicyclic) bond motifs is 1. The lowest BCUT2D eigenvalue weighted by Gasteiger charge is -2.06. The Balaban J connectivity index is 2.09. The molecule has 10 heteroatoms. The van der Waals surface area contributed by atoms with E-state index in [0.29, 0.717) is 11.1 Å². The second kappa shape index (κ2) is 4.98. The Morgan fingerprint density at radius 1 is 1.19 bits per heavy atom. The zero-order valence-electron chi connectivity index (χ0n) is 10.3. The molecule has 3 N–H and O–H groups in total. The highest BCUT2D eigenvalue weighted by atomic mass is 32.2. The molecule has 0 bridgehead atoms. The largest absolute Gasteiger partial charge is 0.383 e. The van der Waals surface area contributed by atoms with Crippen LogP contribution < -0.4 is 15.9 Å². The van der Waals surface area contributed by atoms with Crippen LogP contribution in [0.4, 0.5) is 21.7 Å². The molecular weight excluding hydrogens is 299 g/mol. The van der Waals surface area contributed by atoms with Gasteiger partial charge in [0.15, 0.2) is 5.82 Å². The van der Waals surface area contributed by atoms with Gasteiger partial charge in [0.25, 0.3) is 0 Å². The highest BCUT2D eigenvalue weighted by molar-refractivity contribution is 7.73. The third-order valence-electron chi connectivity index (χ3n) is 2.73. The van der Waals surface area contributed by atoms with Crippen LogP contribution in [0.25, 0.3) is 0 Å². The van der Waals surface area contributed by atoms with Gasteiger partial charge in [0.05, 0.1) is 11.3 Å². The summed E-state index contributed by atoms with van der Waals surface area (Å²) in [5, 5.41) is 3.91. The summed E-state index contributed by atoms with van der Waals surface area (Å²) in [6.07, 6.45) is 1.25. The van der Waals surface area contributed by atoms with Crippen LogP contribution in [0.5, 0.6) is 0 Å². The molecule has 1 aromatic carbocycles. The van der Waals surface area contributed by atoms with Crippen molar-refractivity contribution in [1.29, 1.82) is 0 Å². The molecule has 2 aromatic rings. The molecule has 107 valence electrons. The maximum atomic E-state index is 13.6. The third kappa shape index (κ3) is 2.48. The maximum Gasteiger partial charge on any atom is 0.222 e. The number of nitrogens with one attached hydrogen (secondary N) is 1. The van der Waals surface area contributed by atoms with Crippen molar-refractivity contribution in [2.75, 3.05) is 10.5 Å². The molecule has 0 aliphatic carbocycles.